The third-order valence-electron chi connectivity index (χ3n) is 4.36. The van der Waals surface area contributed by atoms with E-state index in [-0.39, 0.29) is 6.61 Å². The minimum Gasteiger partial charge on any atom is -0.484 e. The summed E-state index contributed by atoms with van der Waals surface area (Å²) in [7, 11) is -4.56. The highest BCUT2D eigenvalue weighted by Crippen LogP contribution is 2.35. The Labute approximate surface area is 170 Å². The first kappa shape index (κ1) is 27.0. The van der Waals surface area contributed by atoms with Crippen LogP contribution in [0.5, 0.6) is 0 Å². The van der Waals surface area contributed by atoms with Crippen molar-refractivity contribution in [1.29, 1.82) is 0 Å². The van der Waals surface area contributed by atoms with Gasteiger partial charge in [0.1, 0.15) is 12.7 Å². The molecular formula is C19H39O6PS. The largest absolute Gasteiger partial charge is 0.484 e. The van der Waals surface area contributed by atoms with Gasteiger partial charge < -0.3 is 19.6 Å². The average molecular weight is 427 g/mol. The molecule has 0 aliphatic rings. The molecule has 0 rings (SSSR count). The van der Waals surface area contributed by atoms with Crippen LogP contribution in [0.4, 0.5) is 0 Å². The maximum Gasteiger partial charge on any atom is 0.469 e. The fraction of sp³-hybridized carbons (Fsp3) is 0.947. The van der Waals surface area contributed by atoms with Crippen molar-refractivity contribution in [3.63, 3.8) is 0 Å². The lowest BCUT2D eigenvalue weighted by molar-refractivity contribution is 0.0463. The number of hydrogen-bond donors (Lipinski definition) is 3. The van der Waals surface area contributed by atoms with Crippen LogP contribution in [0.3, 0.4) is 0 Å². The molecule has 0 aromatic rings. The number of ether oxygens (including phenoxy) is 1. The van der Waals surface area contributed by atoms with Crippen molar-refractivity contribution in [3.8, 4) is 0 Å². The number of aliphatic hydroxyl groups is 1. The molecule has 0 aliphatic heterocycles. The molecule has 0 saturated carbocycles. The molecule has 0 amide bonds. The Morgan fingerprint density at radius 2 is 1.30 bits per heavy atom. The zero-order valence-electron chi connectivity index (χ0n) is 16.8. The van der Waals surface area contributed by atoms with Gasteiger partial charge >= 0.3 is 7.82 Å². The summed E-state index contributed by atoms with van der Waals surface area (Å²) in [5.41, 5.74) is 0. The van der Waals surface area contributed by atoms with Gasteiger partial charge in [-0.25, -0.2) is 4.57 Å². The third-order valence-corrected chi connectivity index (χ3v) is 5.16. The molecule has 0 spiro atoms. The number of unbranched alkanes of at least 4 members (excludes halogenated alkanes) is 12. The van der Waals surface area contributed by atoms with Crippen molar-refractivity contribution in [1.82, 2.24) is 0 Å². The smallest absolute Gasteiger partial charge is 0.469 e. The normalized spacial score (nSPS) is 12.9. The number of aliphatic hydroxyl groups excluding tert-OH is 1. The van der Waals surface area contributed by atoms with E-state index in [0.29, 0.717) is 11.5 Å². The Kier molecular flexibility index (Phi) is 18.0. The molecule has 0 aromatic heterocycles. The molecule has 162 valence electrons. The van der Waals surface area contributed by atoms with Crippen molar-refractivity contribution in [2.24, 2.45) is 0 Å². The highest BCUT2D eigenvalue weighted by molar-refractivity contribution is 7.80. The van der Waals surface area contributed by atoms with Gasteiger partial charge in [-0.3, -0.25) is 4.52 Å². The van der Waals surface area contributed by atoms with Gasteiger partial charge in [-0.1, -0.05) is 84.0 Å². The number of thiocarbonyl (C=S) groups is 1. The number of phosphoric acid groups is 1. The van der Waals surface area contributed by atoms with E-state index in [0.717, 1.165) is 12.8 Å². The van der Waals surface area contributed by atoms with E-state index in [2.05, 4.69) is 11.4 Å². The van der Waals surface area contributed by atoms with E-state index < -0.39 is 20.5 Å². The van der Waals surface area contributed by atoms with Crippen LogP contribution < -0.4 is 0 Å². The Morgan fingerprint density at radius 3 is 1.74 bits per heavy atom. The third kappa shape index (κ3) is 22.1. The Morgan fingerprint density at radius 1 is 0.852 bits per heavy atom. The predicted molar refractivity (Wildman–Crippen MR) is 113 cm³/mol. The van der Waals surface area contributed by atoms with E-state index in [1.165, 1.54) is 70.6 Å². The highest BCUT2D eigenvalue weighted by atomic mass is 32.1. The first-order chi connectivity index (χ1) is 12.8. The molecule has 0 saturated heterocycles. The van der Waals surface area contributed by atoms with Gasteiger partial charge in [0, 0.05) is 6.42 Å². The van der Waals surface area contributed by atoms with Crippen molar-refractivity contribution in [2.45, 2.75) is 103 Å². The quantitative estimate of drug-likeness (QED) is 0.147. The summed E-state index contributed by atoms with van der Waals surface area (Å²) in [6.45, 7) is 1.66. The second kappa shape index (κ2) is 18.0. The lowest BCUT2D eigenvalue weighted by atomic mass is 10.0. The van der Waals surface area contributed by atoms with Crippen molar-refractivity contribution < 1.29 is 28.7 Å². The molecule has 6 nitrogen and oxygen atoms in total. The summed E-state index contributed by atoms with van der Waals surface area (Å²) in [6, 6.07) is 0. The zero-order valence-corrected chi connectivity index (χ0v) is 18.5. The van der Waals surface area contributed by atoms with Gasteiger partial charge in [0.05, 0.1) is 6.61 Å². The molecule has 1 atom stereocenters. The van der Waals surface area contributed by atoms with Crippen LogP contribution >= 0.6 is 20.0 Å². The Hall–Kier alpha value is -0.0400. The second-order valence-corrected chi connectivity index (χ2v) is 8.81. The molecule has 0 aliphatic carbocycles. The molecule has 0 bridgehead atoms. The summed E-state index contributed by atoms with van der Waals surface area (Å²) >= 11 is 5.09. The van der Waals surface area contributed by atoms with Crippen LogP contribution in [0.1, 0.15) is 96.8 Å². The molecule has 0 heterocycles. The molecule has 1 unspecified atom stereocenters. The lowest BCUT2D eigenvalue weighted by Gasteiger charge is -2.13. The Bertz CT molecular complexity index is 402. The first-order valence-corrected chi connectivity index (χ1v) is 12.3. The van der Waals surface area contributed by atoms with Gasteiger partial charge in [0.25, 0.3) is 0 Å². The van der Waals surface area contributed by atoms with Crippen LogP contribution in [0.2, 0.25) is 0 Å². The SMILES string of the molecule is CCCCCCCCCCCCCCCC(=S)OCC(O)COP(=O)(O)O. The maximum absolute atomic E-state index is 10.5. The maximum atomic E-state index is 10.5. The fourth-order valence-electron chi connectivity index (χ4n) is 2.78. The molecule has 0 aromatic carbocycles. The molecule has 3 N–H and O–H groups in total. The molecule has 27 heavy (non-hydrogen) atoms. The molecular weight excluding hydrogens is 387 g/mol. The van der Waals surface area contributed by atoms with Crippen LogP contribution in [-0.4, -0.2) is 39.3 Å². The fourth-order valence-corrected chi connectivity index (χ4v) is 3.36. The topological polar surface area (TPSA) is 96.2 Å². The van der Waals surface area contributed by atoms with E-state index in [1.54, 1.807) is 0 Å². The van der Waals surface area contributed by atoms with Crippen LogP contribution in [-0.2, 0) is 13.8 Å². The molecule has 8 heteroatoms. The molecule has 0 radical (unpaired) electrons. The number of hydrogen-bond acceptors (Lipinski definition) is 5. The average Bonchev–Trinajstić information content (AvgIpc) is 2.61. The van der Waals surface area contributed by atoms with Gasteiger partial charge in [0.15, 0.2) is 5.05 Å². The van der Waals surface area contributed by atoms with Gasteiger partial charge in [0.2, 0.25) is 0 Å². The number of phosphoric ester groups is 1. The minimum atomic E-state index is -4.56. The second-order valence-electron chi connectivity index (χ2n) is 7.12. The van der Waals surface area contributed by atoms with Gasteiger partial charge in [-0.15, -0.1) is 0 Å². The monoisotopic (exact) mass is 426 g/mol. The lowest BCUT2D eigenvalue weighted by Crippen LogP contribution is -2.22. The highest BCUT2D eigenvalue weighted by Gasteiger charge is 2.17. The summed E-state index contributed by atoms with van der Waals surface area (Å²) in [5.74, 6) is 0. The van der Waals surface area contributed by atoms with Gasteiger partial charge in [-0.05, 0) is 18.6 Å². The number of rotatable bonds is 19. The summed E-state index contributed by atoms with van der Waals surface area (Å²) in [5, 5.41) is 9.92. The zero-order chi connectivity index (χ0) is 20.4. The van der Waals surface area contributed by atoms with Crippen LogP contribution in [0, 0.1) is 0 Å². The van der Waals surface area contributed by atoms with E-state index in [9.17, 15) is 9.67 Å². The van der Waals surface area contributed by atoms with Crippen molar-refractivity contribution >= 4 is 25.1 Å². The standard InChI is InChI=1S/C19H39O6PS/c1-2-3-4-5-6-7-8-9-10-11-12-13-14-15-19(27)24-16-18(20)17-25-26(21,22)23/h18,20H,2-17H2,1H3,(H2,21,22,23). The van der Waals surface area contributed by atoms with Crippen molar-refractivity contribution in [2.75, 3.05) is 13.2 Å². The molecule has 0 fully saturated rings. The van der Waals surface area contributed by atoms with Crippen LogP contribution in [0.15, 0.2) is 0 Å². The van der Waals surface area contributed by atoms with E-state index in [4.69, 9.17) is 26.7 Å². The predicted octanol–water partition coefficient (Wildman–Crippen LogP) is 5.28. The van der Waals surface area contributed by atoms with E-state index in [1.807, 2.05) is 0 Å². The minimum absolute atomic E-state index is 0.114. The first-order valence-electron chi connectivity index (χ1n) is 10.4. The van der Waals surface area contributed by atoms with Gasteiger partial charge in [-0.2, -0.15) is 0 Å². The van der Waals surface area contributed by atoms with E-state index >= 15 is 0 Å². The summed E-state index contributed by atoms with van der Waals surface area (Å²) in [6.07, 6.45) is 16.3. The van der Waals surface area contributed by atoms with Crippen LogP contribution in [0.25, 0.3) is 0 Å². The summed E-state index contributed by atoms with van der Waals surface area (Å²) < 4.78 is 19.9. The Balaban J connectivity index is 3.33. The summed E-state index contributed by atoms with van der Waals surface area (Å²) in [4.78, 5) is 17.1. The van der Waals surface area contributed by atoms with Crippen molar-refractivity contribution in [3.05, 3.63) is 0 Å².